The van der Waals surface area contributed by atoms with Gasteiger partial charge >= 0.3 is 5.88 Å². The number of anilines is 1. The molecule has 1 aromatic heterocycles. The maximum atomic E-state index is 5.62. The molecule has 2 aliphatic rings. The molecule has 0 aliphatic carbocycles. The van der Waals surface area contributed by atoms with Gasteiger partial charge in [0.2, 0.25) is 5.52 Å². The highest BCUT2D eigenvalue weighted by atomic mass is 32.2. The topological polar surface area (TPSA) is 16.4 Å². The molecule has 0 saturated heterocycles. The lowest BCUT2D eigenvalue weighted by Crippen LogP contribution is -2.31. The number of aryl methyl sites for hydroxylation is 2. The van der Waals surface area contributed by atoms with Crippen molar-refractivity contribution < 1.29 is 9.30 Å². The number of hydrogen-bond donors (Lipinski definition) is 0. The minimum absolute atomic E-state index is 0.871. The third kappa shape index (κ3) is 2.32. The van der Waals surface area contributed by atoms with Gasteiger partial charge < -0.3 is 9.64 Å². The van der Waals surface area contributed by atoms with Crippen LogP contribution in [0.1, 0.15) is 17.5 Å². The van der Waals surface area contributed by atoms with Crippen molar-refractivity contribution in [1.82, 2.24) is 0 Å². The highest BCUT2D eigenvalue weighted by Gasteiger charge is 2.30. The van der Waals surface area contributed by atoms with Crippen LogP contribution in [-0.2, 0) is 13.5 Å². The fourth-order valence-corrected chi connectivity index (χ4v) is 5.27. The first kappa shape index (κ1) is 15.8. The molecule has 26 heavy (non-hydrogen) atoms. The Labute approximate surface area is 157 Å². The summed E-state index contributed by atoms with van der Waals surface area (Å²) >= 11 is 1.88. The number of thioether (sulfide) groups is 1. The van der Waals surface area contributed by atoms with Crippen LogP contribution in [0.5, 0.6) is 5.88 Å². The van der Waals surface area contributed by atoms with Crippen LogP contribution in [0.4, 0.5) is 5.69 Å². The van der Waals surface area contributed by atoms with Crippen LogP contribution in [0.2, 0.25) is 0 Å². The van der Waals surface area contributed by atoms with Gasteiger partial charge in [-0.2, -0.15) is 4.57 Å². The standard InChI is InChI=1S/C22H21N2OS/c1-23-18-10-4-3-9-17(18)16(13-20(23)25-2)14-21-24-12-6-8-15-7-5-11-19(26-21)22(15)24/h3-5,7,9-11,13-14H,6,8,12H2,1-2H3/q+1. The molecule has 4 heteroatoms. The zero-order chi connectivity index (χ0) is 17.7. The molecule has 0 saturated carbocycles. The van der Waals surface area contributed by atoms with Gasteiger partial charge in [-0.25, -0.2) is 0 Å². The molecule has 3 heterocycles. The Balaban J connectivity index is 1.69. The Morgan fingerprint density at radius 2 is 2.04 bits per heavy atom. The first-order valence-electron chi connectivity index (χ1n) is 9.01. The lowest BCUT2D eigenvalue weighted by molar-refractivity contribution is -0.650. The Morgan fingerprint density at radius 3 is 2.92 bits per heavy atom. The summed E-state index contributed by atoms with van der Waals surface area (Å²) in [4.78, 5) is 3.87. The number of benzene rings is 2. The van der Waals surface area contributed by atoms with Gasteiger partial charge in [-0.15, -0.1) is 0 Å². The van der Waals surface area contributed by atoms with E-state index < -0.39 is 0 Å². The molecule has 5 rings (SSSR count). The van der Waals surface area contributed by atoms with E-state index in [0.29, 0.717) is 0 Å². The Hall–Kier alpha value is -2.46. The molecule has 0 spiro atoms. The summed E-state index contributed by atoms with van der Waals surface area (Å²) in [5, 5.41) is 2.56. The van der Waals surface area contributed by atoms with E-state index >= 15 is 0 Å². The van der Waals surface area contributed by atoms with Crippen LogP contribution in [-0.4, -0.2) is 13.7 Å². The number of para-hydroxylation sites is 2. The summed E-state index contributed by atoms with van der Waals surface area (Å²) in [6.07, 6.45) is 4.72. The first-order chi connectivity index (χ1) is 12.8. The number of pyridine rings is 1. The molecule has 0 unspecified atom stereocenters. The van der Waals surface area contributed by atoms with Crippen molar-refractivity contribution in [2.75, 3.05) is 18.6 Å². The van der Waals surface area contributed by atoms with Gasteiger partial charge in [0, 0.05) is 23.1 Å². The van der Waals surface area contributed by atoms with Crippen LogP contribution in [0.25, 0.3) is 17.0 Å². The van der Waals surface area contributed by atoms with Crippen molar-refractivity contribution in [3.63, 3.8) is 0 Å². The van der Waals surface area contributed by atoms with Gasteiger partial charge in [-0.05, 0) is 36.6 Å². The van der Waals surface area contributed by atoms with Crippen LogP contribution in [0, 0.1) is 0 Å². The number of methoxy groups -OCH3 is 1. The molecule has 3 aromatic rings. The van der Waals surface area contributed by atoms with Gasteiger partial charge in [0.1, 0.15) is 7.05 Å². The van der Waals surface area contributed by atoms with Gasteiger partial charge in [0.25, 0.3) is 0 Å². The smallest absolute Gasteiger partial charge is 0.368 e. The van der Waals surface area contributed by atoms with Crippen molar-refractivity contribution >= 4 is 34.4 Å². The SMILES string of the molecule is COc1cc(C=C2Sc3cccc4c3N2CCC4)c2ccccc2[n+]1C. The molecule has 2 aromatic carbocycles. The minimum Gasteiger partial charge on any atom is -0.448 e. The number of nitrogens with zero attached hydrogens (tertiary/aromatic N) is 2. The second-order valence-electron chi connectivity index (χ2n) is 6.82. The second kappa shape index (κ2) is 6.06. The number of hydrogen-bond acceptors (Lipinski definition) is 3. The Bertz CT molecular complexity index is 1060. The lowest BCUT2D eigenvalue weighted by atomic mass is 10.0. The second-order valence-corrected chi connectivity index (χ2v) is 7.88. The molecule has 0 bridgehead atoms. The molecule has 0 fully saturated rings. The van der Waals surface area contributed by atoms with E-state index in [9.17, 15) is 0 Å². The molecule has 130 valence electrons. The molecular weight excluding hydrogens is 340 g/mol. The summed E-state index contributed by atoms with van der Waals surface area (Å²) in [6.45, 7) is 1.10. The van der Waals surface area contributed by atoms with E-state index in [1.54, 1.807) is 7.11 Å². The summed E-state index contributed by atoms with van der Waals surface area (Å²) in [5.74, 6) is 0.871. The van der Waals surface area contributed by atoms with E-state index in [-0.39, 0.29) is 0 Å². The van der Waals surface area contributed by atoms with Crippen molar-refractivity contribution in [2.45, 2.75) is 17.7 Å². The first-order valence-corrected chi connectivity index (χ1v) is 9.82. The lowest BCUT2D eigenvalue weighted by Gasteiger charge is -2.27. The maximum absolute atomic E-state index is 5.62. The predicted octanol–water partition coefficient (Wildman–Crippen LogP) is 4.53. The van der Waals surface area contributed by atoms with E-state index in [2.05, 4.69) is 71.1 Å². The summed E-state index contributed by atoms with van der Waals surface area (Å²) in [7, 11) is 3.79. The van der Waals surface area contributed by atoms with Gasteiger partial charge in [0.05, 0.1) is 29.3 Å². The minimum atomic E-state index is 0.871. The van der Waals surface area contributed by atoms with Crippen molar-refractivity contribution in [3.8, 4) is 5.88 Å². The fraction of sp³-hybridized carbons (Fsp3) is 0.227. The number of rotatable bonds is 2. The summed E-state index contributed by atoms with van der Waals surface area (Å²) in [6, 6.07) is 17.4. The molecule has 3 nitrogen and oxygen atoms in total. The van der Waals surface area contributed by atoms with Gasteiger partial charge in [-0.1, -0.05) is 36.0 Å². The fourth-order valence-electron chi connectivity index (χ4n) is 4.08. The highest BCUT2D eigenvalue weighted by Crippen LogP contribution is 2.50. The number of ether oxygens (including phenoxy) is 1. The van der Waals surface area contributed by atoms with E-state index in [1.807, 2.05) is 11.8 Å². The normalized spacial score (nSPS) is 17.0. The molecule has 2 aliphatic heterocycles. The Kier molecular flexibility index (Phi) is 3.68. The maximum Gasteiger partial charge on any atom is 0.368 e. The molecule has 0 N–H and O–H groups in total. The molecule has 0 radical (unpaired) electrons. The number of fused-ring (bicyclic) bond motifs is 1. The molecular formula is C22H21N2OS+. The molecule has 0 amide bonds. The molecule has 0 atom stereocenters. The van der Waals surface area contributed by atoms with Gasteiger partial charge in [0.15, 0.2) is 0 Å². The van der Waals surface area contributed by atoms with Crippen molar-refractivity contribution in [2.24, 2.45) is 7.05 Å². The van der Waals surface area contributed by atoms with Crippen LogP contribution < -0.4 is 14.2 Å². The van der Waals surface area contributed by atoms with Crippen molar-refractivity contribution in [3.05, 3.63) is 64.7 Å². The van der Waals surface area contributed by atoms with E-state index in [1.165, 1.54) is 50.5 Å². The average Bonchev–Trinajstić information content (AvgIpc) is 3.04. The zero-order valence-corrected chi connectivity index (χ0v) is 15.8. The summed E-state index contributed by atoms with van der Waals surface area (Å²) in [5.41, 5.74) is 5.29. The number of aromatic nitrogens is 1. The van der Waals surface area contributed by atoms with E-state index in [0.717, 1.165) is 12.4 Å². The van der Waals surface area contributed by atoms with Crippen molar-refractivity contribution in [1.29, 1.82) is 0 Å². The predicted molar refractivity (Wildman–Crippen MR) is 108 cm³/mol. The third-order valence-electron chi connectivity index (χ3n) is 5.33. The summed E-state index contributed by atoms with van der Waals surface area (Å²) < 4.78 is 7.72. The highest BCUT2D eigenvalue weighted by molar-refractivity contribution is 8.03. The monoisotopic (exact) mass is 361 g/mol. The van der Waals surface area contributed by atoms with E-state index in [4.69, 9.17) is 4.74 Å². The van der Waals surface area contributed by atoms with Crippen LogP contribution >= 0.6 is 11.8 Å². The quantitative estimate of drug-likeness (QED) is 0.624. The average molecular weight is 361 g/mol. The van der Waals surface area contributed by atoms with Crippen LogP contribution in [0.3, 0.4) is 0 Å². The van der Waals surface area contributed by atoms with Crippen LogP contribution in [0.15, 0.2) is 58.5 Å². The third-order valence-corrected chi connectivity index (χ3v) is 6.43. The zero-order valence-electron chi connectivity index (χ0n) is 15.0. The largest absolute Gasteiger partial charge is 0.448 e. The Morgan fingerprint density at radius 1 is 1.15 bits per heavy atom. The van der Waals surface area contributed by atoms with Gasteiger partial charge in [-0.3, -0.25) is 0 Å².